The highest BCUT2D eigenvalue weighted by Gasteiger charge is 2.48. The van der Waals surface area contributed by atoms with Crippen LogP contribution in [-0.2, 0) is 10.0 Å². The number of aryl methyl sites for hydroxylation is 1. The van der Waals surface area contributed by atoms with Crippen molar-refractivity contribution in [2.24, 2.45) is 5.92 Å². The van der Waals surface area contributed by atoms with Crippen molar-refractivity contribution >= 4 is 16.0 Å². The summed E-state index contributed by atoms with van der Waals surface area (Å²) in [7, 11) is -3.09. The van der Waals surface area contributed by atoms with Gasteiger partial charge in [-0.05, 0) is 54.9 Å². The topological polar surface area (TPSA) is 89.2 Å². The van der Waals surface area contributed by atoms with Gasteiger partial charge in [0.2, 0.25) is 16.0 Å². The van der Waals surface area contributed by atoms with Crippen LogP contribution in [0.25, 0.3) is 11.3 Å². The summed E-state index contributed by atoms with van der Waals surface area (Å²) in [5, 5.41) is 0. The molecule has 6 nitrogen and oxygen atoms in total. The molecule has 1 aromatic heterocycles. The van der Waals surface area contributed by atoms with Crippen molar-refractivity contribution in [3.8, 4) is 11.3 Å². The van der Waals surface area contributed by atoms with Crippen LogP contribution in [0.3, 0.4) is 0 Å². The van der Waals surface area contributed by atoms with E-state index in [1.54, 1.807) is 10.5 Å². The van der Waals surface area contributed by atoms with Gasteiger partial charge in [0.15, 0.2) is 0 Å². The number of benzene rings is 1. The van der Waals surface area contributed by atoms with E-state index in [2.05, 4.69) is 35.1 Å². The number of aromatic nitrogens is 2. The monoisotopic (exact) mass is 358 g/mol. The third-order valence-corrected chi connectivity index (χ3v) is 6.86. The first-order valence-corrected chi connectivity index (χ1v) is 10.3. The molecule has 25 heavy (non-hydrogen) atoms. The molecular formula is C18H22N4O2S. The highest BCUT2D eigenvalue weighted by Crippen LogP contribution is 2.49. The quantitative estimate of drug-likeness (QED) is 0.908. The molecule has 1 aliphatic heterocycles. The summed E-state index contributed by atoms with van der Waals surface area (Å²) in [6, 6.07) is 8.39. The van der Waals surface area contributed by atoms with Crippen LogP contribution in [0.1, 0.15) is 29.9 Å². The zero-order valence-electron chi connectivity index (χ0n) is 14.4. The third-order valence-electron chi connectivity index (χ3n) is 5.56. The zero-order chi connectivity index (χ0) is 17.8. The highest BCUT2D eigenvalue weighted by atomic mass is 32.2. The van der Waals surface area contributed by atoms with Gasteiger partial charge in [0.25, 0.3) is 0 Å². The molecule has 0 amide bonds. The average molecular weight is 358 g/mol. The first-order chi connectivity index (χ1) is 11.8. The Kier molecular flexibility index (Phi) is 3.81. The molecule has 2 fully saturated rings. The van der Waals surface area contributed by atoms with Gasteiger partial charge < -0.3 is 5.73 Å². The lowest BCUT2D eigenvalue weighted by molar-refractivity contribution is 0.310. The van der Waals surface area contributed by atoms with Crippen LogP contribution in [0.2, 0.25) is 0 Å². The number of rotatable bonds is 3. The number of hydrogen-bond donors (Lipinski definition) is 1. The SMILES string of the molecule is Cc1cc(-c2ccnc(N)n2)ccc1C1CC2CC1CN2S(C)(=O)=O. The molecule has 1 saturated carbocycles. The van der Waals surface area contributed by atoms with Crippen molar-refractivity contribution in [3.05, 3.63) is 41.6 Å². The molecule has 0 spiro atoms. The van der Waals surface area contributed by atoms with Gasteiger partial charge in [-0.25, -0.2) is 18.4 Å². The van der Waals surface area contributed by atoms with Crippen molar-refractivity contribution < 1.29 is 8.42 Å². The molecule has 2 aliphatic rings. The maximum atomic E-state index is 11.9. The second kappa shape index (κ2) is 5.78. The van der Waals surface area contributed by atoms with Gasteiger partial charge in [-0.2, -0.15) is 4.31 Å². The molecule has 3 atom stereocenters. The van der Waals surface area contributed by atoms with E-state index in [4.69, 9.17) is 5.73 Å². The number of nitrogens with two attached hydrogens (primary N) is 1. The molecule has 2 bridgehead atoms. The van der Waals surface area contributed by atoms with E-state index in [9.17, 15) is 8.42 Å². The first kappa shape index (κ1) is 16.5. The summed E-state index contributed by atoms with van der Waals surface area (Å²) in [4.78, 5) is 8.21. The third kappa shape index (κ3) is 2.91. The zero-order valence-corrected chi connectivity index (χ0v) is 15.2. The molecule has 1 aliphatic carbocycles. The van der Waals surface area contributed by atoms with E-state index in [1.165, 1.54) is 17.4 Å². The number of fused-ring (bicyclic) bond motifs is 2. The minimum absolute atomic E-state index is 0.158. The van der Waals surface area contributed by atoms with E-state index in [0.717, 1.165) is 24.1 Å². The van der Waals surface area contributed by atoms with Crippen LogP contribution in [0.15, 0.2) is 30.5 Å². The van der Waals surface area contributed by atoms with E-state index >= 15 is 0 Å². The maximum absolute atomic E-state index is 11.9. The number of nitrogens with zero attached hydrogens (tertiary/aromatic N) is 3. The fourth-order valence-electron chi connectivity index (χ4n) is 4.49. The molecular weight excluding hydrogens is 336 g/mol. The lowest BCUT2D eigenvalue weighted by Crippen LogP contribution is -2.38. The van der Waals surface area contributed by atoms with Gasteiger partial charge in [0.1, 0.15) is 0 Å². The lowest BCUT2D eigenvalue weighted by atomic mass is 9.85. The van der Waals surface area contributed by atoms with Gasteiger partial charge in [0, 0.05) is 24.3 Å². The molecule has 132 valence electrons. The van der Waals surface area contributed by atoms with Crippen LogP contribution in [0, 0.1) is 12.8 Å². The predicted molar refractivity (Wildman–Crippen MR) is 97.4 cm³/mol. The molecule has 7 heteroatoms. The lowest BCUT2D eigenvalue weighted by Gasteiger charge is -2.30. The Bertz CT molecular complexity index is 928. The average Bonchev–Trinajstić information content (AvgIpc) is 3.15. The van der Waals surface area contributed by atoms with Crippen LogP contribution >= 0.6 is 0 Å². The summed E-state index contributed by atoms with van der Waals surface area (Å²) in [5.41, 5.74) is 10.1. The molecule has 2 N–H and O–H groups in total. The van der Waals surface area contributed by atoms with Crippen molar-refractivity contribution in [3.63, 3.8) is 0 Å². The van der Waals surface area contributed by atoms with Crippen molar-refractivity contribution in [1.82, 2.24) is 14.3 Å². The number of anilines is 1. The molecule has 3 unspecified atom stereocenters. The van der Waals surface area contributed by atoms with E-state index in [-0.39, 0.29) is 12.0 Å². The Labute approximate surface area is 148 Å². The van der Waals surface area contributed by atoms with Crippen LogP contribution in [0.4, 0.5) is 5.95 Å². The molecule has 4 rings (SSSR count). The summed E-state index contributed by atoms with van der Waals surface area (Å²) < 4.78 is 25.4. The fraction of sp³-hybridized carbons (Fsp3) is 0.444. The molecule has 0 radical (unpaired) electrons. The van der Waals surface area contributed by atoms with Crippen LogP contribution < -0.4 is 5.73 Å². The molecule has 1 saturated heterocycles. The minimum Gasteiger partial charge on any atom is -0.368 e. The standard InChI is InChI=1S/C18H22N4O2S/c1-11-7-12(17-5-6-20-18(19)21-17)3-4-15(11)16-9-14-8-13(16)10-22(14)25(2,23)24/h3-7,13-14,16H,8-10H2,1-2H3,(H2,19,20,21). The van der Waals surface area contributed by atoms with Crippen molar-refractivity contribution in [2.45, 2.75) is 31.7 Å². The van der Waals surface area contributed by atoms with Gasteiger partial charge in [0.05, 0.1) is 11.9 Å². The van der Waals surface area contributed by atoms with Crippen LogP contribution in [-0.4, -0.2) is 41.5 Å². The molecule has 1 aromatic carbocycles. The van der Waals surface area contributed by atoms with Gasteiger partial charge in [-0.3, -0.25) is 0 Å². The second-order valence-corrected chi connectivity index (χ2v) is 9.13. The first-order valence-electron chi connectivity index (χ1n) is 8.49. The largest absolute Gasteiger partial charge is 0.368 e. The number of piperidine rings is 1. The summed E-state index contributed by atoms with van der Waals surface area (Å²) in [6.07, 6.45) is 4.87. The minimum atomic E-state index is -3.09. The number of sulfonamides is 1. The molecule has 2 heterocycles. The molecule has 2 aromatic rings. The normalized spacial score (nSPS) is 26.2. The predicted octanol–water partition coefficient (Wildman–Crippen LogP) is 2.17. The van der Waals surface area contributed by atoms with Gasteiger partial charge >= 0.3 is 0 Å². The summed E-state index contributed by atoms with van der Waals surface area (Å²) >= 11 is 0. The van der Waals surface area contributed by atoms with Crippen molar-refractivity contribution in [2.75, 3.05) is 18.5 Å². The second-order valence-electron chi connectivity index (χ2n) is 7.20. The Hall–Kier alpha value is -1.99. The Morgan fingerprint density at radius 3 is 2.64 bits per heavy atom. The van der Waals surface area contributed by atoms with Crippen molar-refractivity contribution in [1.29, 1.82) is 0 Å². The summed E-state index contributed by atoms with van der Waals surface area (Å²) in [6.45, 7) is 2.77. The Morgan fingerprint density at radius 2 is 2.04 bits per heavy atom. The number of hydrogen-bond acceptors (Lipinski definition) is 5. The van der Waals surface area contributed by atoms with E-state index in [1.807, 2.05) is 6.07 Å². The Morgan fingerprint density at radius 1 is 1.24 bits per heavy atom. The van der Waals surface area contributed by atoms with Gasteiger partial charge in [-0.1, -0.05) is 12.1 Å². The van der Waals surface area contributed by atoms with Crippen LogP contribution in [0.5, 0.6) is 0 Å². The van der Waals surface area contributed by atoms with E-state index in [0.29, 0.717) is 18.4 Å². The highest BCUT2D eigenvalue weighted by molar-refractivity contribution is 7.88. The van der Waals surface area contributed by atoms with E-state index < -0.39 is 10.0 Å². The number of nitrogen functional groups attached to an aromatic ring is 1. The smallest absolute Gasteiger partial charge is 0.220 e. The van der Waals surface area contributed by atoms with Gasteiger partial charge in [-0.15, -0.1) is 0 Å². The summed E-state index contributed by atoms with van der Waals surface area (Å²) in [5.74, 6) is 1.12. The Balaban J connectivity index is 1.59. The maximum Gasteiger partial charge on any atom is 0.220 e. The fourth-order valence-corrected chi connectivity index (χ4v) is 5.66.